The highest BCUT2D eigenvalue weighted by molar-refractivity contribution is 5.73. The van der Waals surface area contributed by atoms with Gasteiger partial charge < -0.3 is 4.74 Å². The molecule has 0 unspecified atom stereocenters. The third-order valence-corrected chi connectivity index (χ3v) is 3.30. The zero-order valence-corrected chi connectivity index (χ0v) is 9.43. The second kappa shape index (κ2) is 5.63. The molecule has 0 bridgehead atoms. The van der Waals surface area contributed by atoms with E-state index in [1.165, 1.54) is 7.11 Å². The first-order valence-electron chi connectivity index (χ1n) is 5.40. The Morgan fingerprint density at radius 3 is 2.81 bits per heavy atom. The molecule has 1 saturated carbocycles. The Kier molecular flexibility index (Phi) is 4.46. The largest absolute Gasteiger partial charge is 0.469 e. The zero-order chi connectivity index (χ0) is 12.1. The van der Waals surface area contributed by atoms with Gasteiger partial charge in [0.25, 0.3) is 0 Å². The SMILES string of the molecule is C=CC[C@H]1CC[C@@H](C(=O)OC)[C@@H]1C[N+](=O)[O-]. The summed E-state index contributed by atoms with van der Waals surface area (Å²) in [7, 11) is 1.33. The summed E-state index contributed by atoms with van der Waals surface area (Å²) in [4.78, 5) is 21.7. The van der Waals surface area contributed by atoms with Crippen molar-refractivity contribution >= 4 is 5.97 Å². The van der Waals surface area contributed by atoms with Crippen LogP contribution >= 0.6 is 0 Å². The highest BCUT2D eigenvalue weighted by Crippen LogP contribution is 2.39. The highest BCUT2D eigenvalue weighted by Gasteiger charge is 2.42. The van der Waals surface area contributed by atoms with E-state index in [0.717, 1.165) is 12.8 Å². The van der Waals surface area contributed by atoms with Crippen LogP contribution in [0.3, 0.4) is 0 Å². The lowest BCUT2D eigenvalue weighted by Crippen LogP contribution is -2.29. The molecule has 0 amide bonds. The van der Waals surface area contributed by atoms with Crippen molar-refractivity contribution in [1.82, 2.24) is 0 Å². The Morgan fingerprint density at radius 2 is 2.31 bits per heavy atom. The predicted molar refractivity (Wildman–Crippen MR) is 58.4 cm³/mol. The maximum Gasteiger partial charge on any atom is 0.309 e. The standard InChI is InChI=1S/C11H17NO4/c1-3-4-8-5-6-9(11(13)16-2)10(8)7-12(14)15/h3,8-10H,1,4-7H2,2H3/t8-,9+,10+/m0/s1. The van der Waals surface area contributed by atoms with Crippen LogP contribution in [0.1, 0.15) is 19.3 Å². The molecule has 0 radical (unpaired) electrons. The molecule has 5 nitrogen and oxygen atoms in total. The van der Waals surface area contributed by atoms with Crippen molar-refractivity contribution in [3.05, 3.63) is 22.8 Å². The first-order valence-corrected chi connectivity index (χ1v) is 5.40. The van der Waals surface area contributed by atoms with Gasteiger partial charge in [0, 0.05) is 10.8 Å². The third kappa shape index (κ3) is 2.81. The number of esters is 1. The number of allylic oxidation sites excluding steroid dienone is 1. The van der Waals surface area contributed by atoms with Crippen LogP contribution in [0, 0.1) is 27.9 Å². The normalized spacial score (nSPS) is 28.7. The summed E-state index contributed by atoms with van der Waals surface area (Å²) in [5.74, 6) is -0.661. The molecule has 0 N–H and O–H groups in total. The molecule has 0 saturated heterocycles. The number of hydrogen-bond acceptors (Lipinski definition) is 4. The van der Waals surface area contributed by atoms with Crippen molar-refractivity contribution in [1.29, 1.82) is 0 Å². The van der Waals surface area contributed by atoms with Gasteiger partial charge in [-0.1, -0.05) is 6.08 Å². The molecule has 1 rings (SSSR count). The van der Waals surface area contributed by atoms with E-state index >= 15 is 0 Å². The van der Waals surface area contributed by atoms with E-state index in [2.05, 4.69) is 11.3 Å². The minimum Gasteiger partial charge on any atom is -0.469 e. The van der Waals surface area contributed by atoms with Crippen LogP contribution in [0.15, 0.2) is 12.7 Å². The Morgan fingerprint density at radius 1 is 1.62 bits per heavy atom. The van der Waals surface area contributed by atoms with Crippen molar-refractivity contribution in [3.63, 3.8) is 0 Å². The second-order valence-corrected chi connectivity index (χ2v) is 4.17. The molecular weight excluding hydrogens is 210 g/mol. The Labute approximate surface area is 94.6 Å². The van der Waals surface area contributed by atoms with Crippen molar-refractivity contribution in [2.75, 3.05) is 13.7 Å². The molecule has 1 aliphatic carbocycles. The molecule has 5 heteroatoms. The summed E-state index contributed by atoms with van der Waals surface area (Å²) >= 11 is 0. The number of ether oxygens (including phenoxy) is 1. The lowest BCUT2D eigenvalue weighted by Gasteiger charge is -2.18. The lowest BCUT2D eigenvalue weighted by atomic mass is 9.87. The van der Waals surface area contributed by atoms with Gasteiger partial charge in [-0.25, -0.2) is 0 Å². The highest BCUT2D eigenvalue weighted by atomic mass is 16.6. The number of rotatable bonds is 5. The van der Waals surface area contributed by atoms with Crippen LogP contribution in [0.4, 0.5) is 0 Å². The third-order valence-electron chi connectivity index (χ3n) is 3.30. The van der Waals surface area contributed by atoms with Crippen molar-refractivity contribution in [2.24, 2.45) is 17.8 Å². The summed E-state index contributed by atoms with van der Waals surface area (Å²) in [5, 5.41) is 10.6. The van der Waals surface area contributed by atoms with Gasteiger partial charge >= 0.3 is 5.97 Å². The summed E-state index contributed by atoms with van der Waals surface area (Å²) in [6.45, 7) is 3.49. The fraction of sp³-hybridized carbons (Fsp3) is 0.727. The smallest absolute Gasteiger partial charge is 0.309 e. The minimum absolute atomic E-state index is 0.154. The fourth-order valence-electron chi connectivity index (χ4n) is 2.55. The number of methoxy groups -OCH3 is 1. The van der Waals surface area contributed by atoms with Crippen LogP contribution in [-0.4, -0.2) is 24.5 Å². The second-order valence-electron chi connectivity index (χ2n) is 4.17. The number of nitrogens with zero attached hydrogens (tertiary/aromatic N) is 1. The molecule has 0 spiro atoms. The van der Waals surface area contributed by atoms with E-state index in [0.29, 0.717) is 6.42 Å². The van der Waals surface area contributed by atoms with Gasteiger partial charge in [0.05, 0.1) is 13.0 Å². The molecule has 1 fully saturated rings. The minimum atomic E-state index is -0.345. The first-order chi connectivity index (χ1) is 7.60. The molecule has 0 aromatic carbocycles. The van der Waals surface area contributed by atoms with Crippen molar-refractivity contribution < 1.29 is 14.5 Å². The number of carbonyl (C=O) groups excluding carboxylic acids is 1. The van der Waals surface area contributed by atoms with Gasteiger partial charge in [0.1, 0.15) is 0 Å². The summed E-state index contributed by atoms with van der Waals surface area (Å²) in [6, 6.07) is 0. The number of nitro groups is 1. The van der Waals surface area contributed by atoms with E-state index in [-0.39, 0.29) is 35.2 Å². The molecule has 0 aliphatic heterocycles. The monoisotopic (exact) mass is 227 g/mol. The molecular formula is C11H17NO4. The average Bonchev–Trinajstić information content (AvgIpc) is 2.61. The maximum atomic E-state index is 11.5. The van der Waals surface area contributed by atoms with Gasteiger partial charge in [0.15, 0.2) is 0 Å². The summed E-state index contributed by atoms with van der Waals surface area (Å²) in [5.41, 5.74) is 0. The van der Waals surface area contributed by atoms with Crippen LogP contribution < -0.4 is 0 Å². The van der Waals surface area contributed by atoms with Crippen LogP contribution in [-0.2, 0) is 9.53 Å². The zero-order valence-electron chi connectivity index (χ0n) is 9.43. The Bertz CT molecular complexity index is 290. The van der Waals surface area contributed by atoms with Gasteiger partial charge in [0.2, 0.25) is 6.54 Å². The van der Waals surface area contributed by atoms with Gasteiger partial charge in [-0.3, -0.25) is 14.9 Å². The van der Waals surface area contributed by atoms with Crippen LogP contribution in [0.2, 0.25) is 0 Å². The van der Waals surface area contributed by atoms with E-state index in [9.17, 15) is 14.9 Å². The van der Waals surface area contributed by atoms with E-state index < -0.39 is 0 Å². The maximum absolute atomic E-state index is 11.5. The van der Waals surface area contributed by atoms with E-state index in [1.807, 2.05) is 0 Å². The quantitative estimate of drug-likeness (QED) is 0.310. The van der Waals surface area contributed by atoms with Crippen molar-refractivity contribution in [3.8, 4) is 0 Å². The van der Waals surface area contributed by atoms with Crippen LogP contribution in [0.5, 0.6) is 0 Å². The molecule has 16 heavy (non-hydrogen) atoms. The number of carbonyl (C=O) groups is 1. The number of hydrogen-bond donors (Lipinski definition) is 0. The predicted octanol–water partition coefficient (Wildman–Crippen LogP) is 1.65. The van der Waals surface area contributed by atoms with Gasteiger partial charge in [-0.05, 0) is 25.2 Å². The van der Waals surface area contributed by atoms with Gasteiger partial charge in [-0.2, -0.15) is 0 Å². The van der Waals surface area contributed by atoms with Crippen LogP contribution in [0.25, 0.3) is 0 Å². The van der Waals surface area contributed by atoms with E-state index in [1.54, 1.807) is 6.08 Å². The average molecular weight is 227 g/mol. The topological polar surface area (TPSA) is 69.4 Å². The summed E-state index contributed by atoms with van der Waals surface area (Å²) < 4.78 is 4.69. The Balaban J connectivity index is 2.74. The molecule has 0 aromatic rings. The Hall–Kier alpha value is -1.39. The molecule has 0 heterocycles. The first kappa shape index (κ1) is 12.7. The molecule has 0 aromatic heterocycles. The van der Waals surface area contributed by atoms with Gasteiger partial charge in [-0.15, -0.1) is 6.58 Å². The molecule has 90 valence electrons. The fourth-order valence-corrected chi connectivity index (χ4v) is 2.55. The summed E-state index contributed by atoms with van der Waals surface area (Å²) in [6.07, 6.45) is 4.01. The molecule has 1 aliphatic rings. The van der Waals surface area contributed by atoms with Crippen molar-refractivity contribution in [2.45, 2.75) is 19.3 Å². The molecule has 3 atom stereocenters. The van der Waals surface area contributed by atoms with E-state index in [4.69, 9.17) is 0 Å². The lowest BCUT2D eigenvalue weighted by molar-refractivity contribution is -0.490.